The minimum absolute atomic E-state index is 0.00909. The third-order valence-corrected chi connectivity index (χ3v) is 14.3. The molecule has 2 heterocycles. The fraction of sp³-hybridized carbons (Fsp3) is 0.381. The van der Waals surface area contributed by atoms with Gasteiger partial charge in [-0.3, -0.25) is 4.90 Å². The first-order valence-electron chi connectivity index (χ1n) is 19.7. The SMILES string of the molecule is COc1ccc(CN(Cc2ccc(OC)cc2)S(=O)(=O)c2c(S(=O)(=O)N[C@H]3CCN(CCNC(=O)OC(C)(C)C)C3)ccc(I)c2-c2nnn(Cc3ccc(OC)cc3)n2)cc1. The molecular formula is C42H51IN8O9S2. The lowest BCUT2D eigenvalue weighted by atomic mass is 10.2. The van der Waals surface area contributed by atoms with Gasteiger partial charge in [-0.25, -0.2) is 26.4 Å². The maximum Gasteiger partial charge on any atom is 0.407 e. The Hall–Kier alpha value is -4.87. The Morgan fingerprint density at radius 3 is 1.90 bits per heavy atom. The Labute approximate surface area is 376 Å². The van der Waals surface area contributed by atoms with Crippen LogP contribution in [-0.2, 0) is 44.4 Å². The van der Waals surface area contributed by atoms with Crippen molar-refractivity contribution in [3.63, 3.8) is 0 Å². The van der Waals surface area contributed by atoms with Crippen LogP contribution in [-0.4, -0.2) is 111 Å². The summed E-state index contributed by atoms with van der Waals surface area (Å²) in [6.07, 6.45) is -0.0896. The molecule has 5 aromatic rings. The van der Waals surface area contributed by atoms with Gasteiger partial charge in [0.1, 0.15) is 32.6 Å². The van der Waals surface area contributed by atoms with E-state index in [0.717, 1.165) is 5.56 Å². The predicted molar refractivity (Wildman–Crippen MR) is 240 cm³/mol. The average Bonchev–Trinajstić information content (AvgIpc) is 3.89. The molecule has 0 saturated carbocycles. The molecule has 1 saturated heterocycles. The van der Waals surface area contributed by atoms with Gasteiger partial charge in [0, 0.05) is 42.3 Å². The van der Waals surface area contributed by atoms with Crippen LogP contribution in [0.5, 0.6) is 17.2 Å². The summed E-state index contributed by atoms with van der Waals surface area (Å²) in [6, 6.07) is 23.5. The number of aromatic nitrogens is 4. The molecule has 0 unspecified atom stereocenters. The van der Waals surface area contributed by atoms with Gasteiger partial charge in [-0.05, 0) is 127 Å². The normalized spacial score (nSPS) is 14.8. The standard InChI is InChI=1S/C42H51IN8O9S2/c1-42(2,3)60-41(52)44-22-24-49-23-21-32(28-49)47-61(53,54)37-20-19-36(43)38(40-45-48-51(46-40)27-31-11-17-35(59-6)18-12-31)39(37)62(55,56)50(25-29-7-13-33(57-4)14-8-29)26-30-9-15-34(58-5)16-10-30/h7-20,32,47H,21-28H2,1-6H3,(H,44,52)/t32-/m0/s1. The van der Waals surface area contributed by atoms with E-state index in [0.29, 0.717) is 64.5 Å². The van der Waals surface area contributed by atoms with E-state index in [9.17, 15) is 13.2 Å². The molecular weight excluding hydrogens is 952 g/mol. The first-order chi connectivity index (χ1) is 29.5. The summed E-state index contributed by atoms with van der Waals surface area (Å²) >= 11 is 1.98. The highest BCUT2D eigenvalue weighted by Crippen LogP contribution is 2.38. The summed E-state index contributed by atoms with van der Waals surface area (Å²) in [5, 5.41) is 15.9. The van der Waals surface area contributed by atoms with E-state index in [1.165, 1.54) is 35.5 Å². The molecule has 20 heteroatoms. The number of nitrogens with zero attached hydrogens (tertiary/aromatic N) is 6. The van der Waals surface area contributed by atoms with Gasteiger partial charge in [-0.1, -0.05) is 36.4 Å². The largest absolute Gasteiger partial charge is 0.497 e. The predicted octanol–water partition coefficient (Wildman–Crippen LogP) is 5.29. The number of halogens is 1. The molecule has 1 atom stereocenters. The first kappa shape index (κ1) is 46.6. The van der Waals surface area contributed by atoms with Crippen molar-refractivity contribution in [1.82, 2.24) is 39.5 Å². The minimum Gasteiger partial charge on any atom is -0.497 e. The number of benzene rings is 4. The molecule has 6 rings (SSSR count). The Kier molecular flexibility index (Phi) is 15.1. The molecule has 1 fully saturated rings. The second kappa shape index (κ2) is 20.1. The number of hydrogen-bond acceptors (Lipinski definition) is 13. The second-order valence-electron chi connectivity index (χ2n) is 15.5. The molecule has 332 valence electrons. The van der Waals surface area contributed by atoms with E-state index in [2.05, 4.69) is 25.4 Å². The molecule has 62 heavy (non-hydrogen) atoms. The van der Waals surface area contributed by atoms with Gasteiger partial charge in [0.15, 0.2) is 0 Å². The zero-order valence-corrected chi connectivity index (χ0v) is 39.2. The number of rotatable bonds is 18. The van der Waals surface area contributed by atoms with Crippen LogP contribution >= 0.6 is 22.6 Å². The topological polar surface area (TPSA) is 196 Å². The van der Waals surface area contributed by atoms with E-state index in [4.69, 9.17) is 18.9 Å². The number of nitrogens with one attached hydrogen (secondary N) is 2. The summed E-state index contributed by atoms with van der Waals surface area (Å²) in [4.78, 5) is 14.6. The van der Waals surface area contributed by atoms with Crippen LogP contribution in [0.15, 0.2) is 94.7 Å². The number of methoxy groups -OCH3 is 3. The highest BCUT2D eigenvalue weighted by Gasteiger charge is 2.38. The number of likely N-dealkylation sites (tertiary alicyclic amines) is 1. The molecule has 1 aromatic heterocycles. The van der Waals surface area contributed by atoms with Crippen molar-refractivity contribution in [3.05, 3.63) is 105 Å². The van der Waals surface area contributed by atoms with Gasteiger partial charge in [-0.15, -0.1) is 10.2 Å². The van der Waals surface area contributed by atoms with Crippen molar-refractivity contribution in [2.75, 3.05) is 47.5 Å². The Morgan fingerprint density at radius 1 is 0.823 bits per heavy atom. The maximum absolute atomic E-state index is 15.5. The van der Waals surface area contributed by atoms with E-state index in [1.54, 1.807) is 88.5 Å². The third-order valence-electron chi connectivity index (χ3n) is 9.84. The van der Waals surface area contributed by atoms with Crippen LogP contribution in [0.2, 0.25) is 0 Å². The van der Waals surface area contributed by atoms with Crippen molar-refractivity contribution < 1.29 is 40.6 Å². The molecule has 1 amide bonds. The zero-order valence-electron chi connectivity index (χ0n) is 35.4. The van der Waals surface area contributed by atoms with Gasteiger partial charge in [0.25, 0.3) is 0 Å². The highest BCUT2D eigenvalue weighted by atomic mass is 127. The molecule has 17 nitrogen and oxygen atoms in total. The zero-order chi connectivity index (χ0) is 44.7. The lowest BCUT2D eigenvalue weighted by Gasteiger charge is -2.26. The Bertz CT molecular complexity index is 2490. The smallest absolute Gasteiger partial charge is 0.407 e. The van der Waals surface area contributed by atoms with Crippen molar-refractivity contribution in [2.45, 2.75) is 68.3 Å². The summed E-state index contributed by atoms with van der Waals surface area (Å²) in [5.74, 6) is 1.78. The van der Waals surface area contributed by atoms with E-state index < -0.39 is 47.6 Å². The van der Waals surface area contributed by atoms with Crippen molar-refractivity contribution in [3.8, 4) is 28.6 Å². The Morgan fingerprint density at radius 2 is 1.37 bits per heavy atom. The number of sulfonamides is 2. The van der Waals surface area contributed by atoms with Crippen molar-refractivity contribution >= 4 is 48.7 Å². The molecule has 1 aliphatic heterocycles. The van der Waals surface area contributed by atoms with Crippen LogP contribution < -0.4 is 24.2 Å². The molecule has 1 aliphatic rings. The molecule has 0 radical (unpaired) electrons. The van der Waals surface area contributed by atoms with Crippen LogP contribution in [0.3, 0.4) is 0 Å². The van der Waals surface area contributed by atoms with Crippen LogP contribution in [0.25, 0.3) is 11.4 Å². The maximum atomic E-state index is 15.5. The fourth-order valence-corrected chi connectivity index (χ4v) is 11.3. The van der Waals surface area contributed by atoms with Gasteiger partial charge in [0.2, 0.25) is 25.9 Å². The minimum atomic E-state index is -4.73. The highest BCUT2D eigenvalue weighted by molar-refractivity contribution is 14.1. The first-order valence-corrected chi connectivity index (χ1v) is 23.7. The number of alkyl carbamates (subject to hydrolysis) is 1. The second-order valence-corrected chi connectivity index (χ2v) is 20.3. The number of tetrazole rings is 1. The number of carbonyl (C=O) groups excluding carboxylic acids is 1. The number of hydrogen-bond donors (Lipinski definition) is 2. The third kappa shape index (κ3) is 12.0. The van der Waals surface area contributed by atoms with E-state index in [-0.39, 0.29) is 31.0 Å². The molecule has 4 aromatic carbocycles. The van der Waals surface area contributed by atoms with E-state index >= 15 is 8.42 Å². The molecule has 0 bridgehead atoms. The number of amides is 1. The van der Waals surface area contributed by atoms with Gasteiger partial charge >= 0.3 is 6.09 Å². The van der Waals surface area contributed by atoms with Gasteiger partial charge < -0.3 is 24.3 Å². The van der Waals surface area contributed by atoms with Crippen molar-refractivity contribution in [1.29, 1.82) is 0 Å². The summed E-state index contributed by atoms with van der Waals surface area (Å²) in [7, 11) is -4.60. The summed E-state index contributed by atoms with van der Waals surface area (Å²) in [5.41, 5.74) is 1.44. The molecule has 2 N–H and O–H groups in total. The lowest BCUT2D eigenvalue weighted by molar-refractivity contribution is 0.0523. The number of ether oxygens (including phenoxy) is 4. The van der Waals surface area contributed by atoms with Gasteiger partial charge in [0.05, 0.1) is 33.4 Å². The fourth-order valence-electron chi connectivity index (χ4n) is 6.79. The summed E-state index contributed by atoms with van der Waals surface area (Å²) in [6.45, 7) is 6.91. The van der Waals surface area contributed by atoms with Crippen LogP contribution in [0.1, 0.15) is 43.9 Å². The van der Waals surface area contributed by atoms with Crippen LogP contribution in [0.4, 0.5) is 4.79 Å². The molecule has 0 aliphatic carbocycles. The lowest BCUT2D eigenvalue weighted by Crippen LogP contribution is -2.40. The number of carbonyl (C=O) groups is 1. The quantitative estimate of drug-likeness (QED) is 0.108. The van der Waals surface area contributed by atoms with E-state index in [1.807, 2.05) is 39.6 Å². The summed E-state index contributed by atoms with van der Waals surface area (Å²) < 4.78 is 86.2. The Balaban J connectivity index is 1.39. The van der Waals surface area contributed by atoms with Crippen LogP contribution in [0, 0.1) is 3.57 Å². The van der Waals surface area contributed by atoms with Gasteiger partial charge in [-0.2, -0.15) is 9.10 Å². The average molecular weight is 1000 g/mol. The van der Waals surface area contributed by atoms with Crippen molar-refractivity contribution in [2.24, 2.45) is 0 Å². The molecule has 0 spiro atoms. The monoisotopic (exact) mass is 1000 g/mol.